The quantitative estimate of drug-likeness (QED) is 0.264. The molecule has 0 saturated carbocycles. The number of rotatable bonds is 5. The average molecular weight is 453 g/mol. The lowest BCUT2D eigenvalue weighted by molar-refractivity contribution is -0.0785. The maximum Gasteiger partial charge on any atom is 0.263 e. The van der Waals surface area contributed by atoms with Crippen molar-refractivity contribution in [3.63, 3.8) is 0 Å². The van der Waals surface area contributed by atoms with Gasteiger partial charge in [0.25, 0.3) is 5.91 Å². The molecule has 5 rings (SSSR count). The number of fused-ring (bicyclic) bond motifs is 2. The first kappa shape index (κ1) is 20.0. The van der Waals surface area contributed by atoms with Gasteiger partial charge in [0.1, 0.15) is 9.88 Å². The highest BCUT2D eigenvalue weighted by Crippen LogP contribution is 2.37. The highest BCUT2D eigenvalue weighted by molar-refractivity contribution is 7.93. The first-order chi connectivity index (χ1) is 15.0. The molecule has 0 fully saturated rings. The van der Waals surface area contributed by atoms with Crippen molar-refractivity contribution in [2.24, 2.45) is 5.41 Å². The van der Waals surface area contributed by atoms with Crippen molar-refractivity contribution in [1.29, 1.82) is 0 Å². The van der Waals surface area contributed by atoms with Crippen molar-refractivity contribution in [2.75, 3.05) is 6.54 Å². The van der Waals surface area contributed by atoms with Crippen LogP contribution in [0.3, 0.4) is 0 Å². The Morgan fingerprint density at radius 1 is 1.19 bits per heavy atom. The van der Waals surface area contributed by atoms with Gasteiger partial charge in [-0.2, -0.15) is 0 Å². The molecule has 1 N–H and O–H groups in total. The number of benzene rings is 1. The zero-order valence-electron chi connectivity index (χ0n) is 17.0. The number of aromatic nitrogens is 3. The molecule has 1 aromatic carbocycles. The summed E-state index contributed by atoms with van der Waals surface area (Å²) in [5, 5.41) is 4.76. The minimum atomic E-state index is -0.0470. The summed E-state index contributed by atoms with van der Waals surface area (Å²) < 4.78 is 7.10. The highest BCUT2D eigenvalue weighted by atomic mass is 32.2. The van der Waals surface area contributed by atoms with Gasteiger partial charge in [0.2, 0.25) is 0 Å². The van der Waals surface area contributed by atoms with E-state index in [4.69, 9.17) is 14.2 Å². The zero-order valence-corrected chi connectivity index (χ0v) is 18.6. The number of hydrogen-bond donors (Lipinski definition) is 1. The maximum atomic E-state index is 12.5. The molecule has 1 aliphatic heterocycles. The van der Waals surface area contributed by atoms with Gasteiger partial charge in [-0.1, -0.05) is 36.4 Å². The fourth-order valence-electron chi connectivity index (χ4n) is 3.50. The monoisotopic (exact) mass is 452 g/mol. The van der Waals surface area contributed by atoms with Crippen LogP contribution in [0.4, 0.5) is 0 Å². The maximum absolute atomic E-state index is 12.5. The van der Waals surface area contributed by atoms with Crippen molar-refractivity contribution in [3.8, 4) is 16.3 Å². The molecule has 0 saturated heterocycles. The van der Waals surface area contributed by atoms with Crippen LogP contribution in [0.25, 0.3) is 21.6 Å². The highest BCUT2D eigenvalue weighted by Gasteiger charge is 2.30. The molecule has 4 aromatic rings. The van der Waals surface area contributed by atoms with E-state index in [1.54, 1.807) is 10.2 Å². The summed E-state index contributed by atoms with van der Waals surface area (Å²) in [6.07, 6.45) is 4.37. The predicted molar refractivity (Wildman–Crippen MR) is 122 cm³/mol. The van der Waals surface area contributed by atoms with Crippen LogP contribution in [0, 0.1) is 5.41 Å². The first-order valence-corrected chi connectivity index (χ1v) is 11.3. The Kier molecular flexibility index (Phi) is 5.17. The molecule has 0 unspecified atom stereocenters. The molecular formula is C22H20N4O3S2. The van der Waals surface area contributed by atoms with Gasteiger partial charge in [-0.15, -0.1) is 11.3 Å². The van der Waals surface area contributed by atoms with Crippen LogP contribution in [0.5, 0.6) is 5.75 Å². The van der Waals surface area contributed by atoms with Crippen molar-refractivity contribution in [1.82, 2.24) is 19.3 Å². The van der Waals surface area contributed by atoms with Crippen LogP contribution in [0.15, 0.2) is 54.9 Å². The van der Waals surface area contributed by atoms with Crippen molar-refractivity contribution < 1.29 is 14.0 Å². The summed E-state index contributed by atoms with van der Waals surface area (Å²) in [7, 11) is 0. The van der Waals surface area contributed by atoms with Crippen molar-refractivity contribution in [3.05, 3.63) is 65.4 Å². The molecule has 31 heavy (non-hydrogen) atoms. The Morgan fingerprint density at radius 3 is 2.87 bits per heavy atom. The third-order valence-corrected chi connectivity index (χ3v) is 6.76. The second kappa shape index (κ2) is 7.99. The Balaban J connectivity index is 1.43. The topological polar surface area (TPSA) is 78.3 Å². The summed E-state index contributed by atoms with van der Waals surface area (Å²) in [5.74, 6) is 0.569. The summed E-state index contributed by atoms with van der Waals surface area (Å²) >= 11 is 2.46. The molecule has 0 aliphatic carbocycles. The minimum absolute atomic E-state index is 0.0319. The van der Waals surface area contributed by atoms with E-state index in [1.807, 2.05) is 48.7 Å². The van der Waals surface area contributed by atoms with Gasteiger partial charge in [-0.25, -0.2) is 13.9 Å². The van der Waals surface area contributed by atoms with E-state index in [0.717, 1.165) is 45.9 Å². The fraction of sp³-hybridized carbons (Fsp3) is 0.227. The molecule has 0 atom stereocenters. The lowest BCUT2D eigenvalue weighted by Gasteiger charge is -2.21. The largest absolute Gasteiger partial charge is 0.351 e. The van der Waals surface area contributed by atoms with Gasteiger partial charge in [0.05, 0.1) is 5.69 Å². The van der Waals surface area contributed by atoms with Crippen LogP contribution in [-0.4, -0.2) is 26.4 Å². The van der Waals surface area contributed by atoms with E-state index in [-0.39, 0.29) is 11.3 Å². The van der Waals surface area contributed by atoms with Gasteiger partial charge in [0, 0.05) is 29.9 Å². The summed E-state index contributed by atoms with van der Waals surface area (Å²) in [6, 6.07) is 13.2. The van der Waals surface area contributed by atoms with Crippen LogP contribution < -0.4 is 10.2 Å². The number of amides is 1. The van der Waals surface area contributed by atoms with Gasteiger partial charge in [-0.05, 0) is 36.1 Å². The predicted octanol–water partition coefficient (Wildman–Crippen LogP) is 4.89. The summed E-state index contributed by atoms with van der Waals surface area (Å²) in [4.78, 5) is 27.9. The first-order valence-electron chi connectivity index (χ1n) is 9.81. The lowest BCUT2D eigenvalue weighted by Crippen LogP contribution is -2.31. The second-order valence-electron chi connectivity index (χ2n) is 8.09. The number of pyridine rings is 1. The Labute approximate surface area is 187 Å². The molecule has 4 heterocycles. The van der Waals surface area contributed by atoms with Gasteiger partial charge < -0.3 is 10.2 Å². The Hall–Kier alpha value is -2.88. The Morgan fingerprint density at radius 2 is 2.03 bits per heavy atom. The van der Waals surface area contributed by atoms with E-state index in [2.05, 4.69) is 24.1 Å². The number of carbonyl (C=O) groups is 1. The van der Waals surface area contributed by atoms with Crippen molar-refractivity contribution in [2.45, 2.75) is 20.3 Å². The normalized spacial score (nSPS) is 15.4. The second-order valence-corrected chi connectivity index (χ2v) is 9.77. The average Bonchev–Trinajstić information content (AvgIpc) is 3.34. The van der Waals surface area contributed by atoms with Gasteiger partial charge >= 0.3 is 0 Å². The number of carbonyl (C=O) groups excluding carboxylic acids is 1. The van der Waals surface area contributed by atoms with E-state index in [1.165, 1.54) is 11.3 Å². The molecular weight excluding hydrogens is 432 g/mol. The van der Waals surface area contributed by atoms with E-state index in [9.17, 15) is 4.79 Å². The van der Waals surface area contributed by atoms with Gasteiger partial charge in [-0.3, -0.25) is 4.79 Å². The van der Waals surface area contributed by atoms with Crippen LogP contribution in [0.2, 0.25) is 0 Å². The third kappa shape index (κ3) is 4.04. The van der Waals surface area contributed by atoms with Gasteiger partial charge in [0.15, 0.2) is 23.6 Å². The fourth-order valence-corrected chi connectivity index (χ4v) is 5.04. The molecule has 158 valence electrons. The summed E-state index contributed by atoms with van der Waals surface area (Å²) in [6.45, 7) is 4.93. The van der Waals surface area contributed by atoms with Crippen LogP contribution in [-0.2, 0) is 10.8 Å². The van der Waals surface area contributed by atoms with E-state index in [0.29, 0.717) is 17.2 Å². The third-order valence-electron chi connectivity index (χ3n) is 5.05. The molecule has 0 radical (unpaired) electrons. The molecule has 1 amide bonds. The Bertz CT molecular complexity index is 1250. The molecule has 3 aromatic heterocycles. The van der Waals surface area contributed by atoms with Crippen LogP contribution in [0.1, 0.15) is 29.2 Å². The number of nitrogens with zero attached hydrogens (tertiary/aromatic N) is 3. The van der Waals surface area contributed by atoms with E-state index >= 15 is 0 Å². The lowest BCUT2D eigenvalue weighted by atomic mass is 9.88. The molecule has 9 heteroatoms. The van der Waals surface area contributed by atoms with Crippen molar-refractivity contribution >= 4 is 40.5 Å². The molecule has 0 spiro atoms. The number of hydrogen-bond acceptors (Lipinski definition) is 7. The summed E-state index contributed by atoms with van der Waals surface area (Å²) in [5.41, 5.74) is 2.50. The van der Waals surface area contributed by atoms with E-state index < -0.39 is 0 Å². The number of nitrogens with one attached hydrogen (secondary N) is 1. The smallest absolute Gasteiger partial charge is 0.263 e. The number of thiazole rings is 1. The molecule has 1 aliphatic rings. The standard InChI is InChI=1S/C22H20N4O3S2/c1-22(2)12-17-18(20(27)24-13-22)30-21(25-17)16-8-10-23-19-15(16)9-11-26(19)31-29-28-14-6-4-3-5-7-14/h3-11H,12-13H2,1-2H3,(H,24,27). The minimum Gasteiger partial charge on any atom is -0.351 e. The molecule has 0 bridgehead atoms. The number of para-hydroxylation sites is 1. The SMILES string of the molecule is CC1(C)CNC(=O)c2sc(-c3ccnc4c3ccn4SOOc3ccccc3)nc2C1. The van der Waals surface area contributed by atoms with Crippen LogP contribution >= 0.6 is 23.6 Å². The molecule has 7 nitrogen and oxygen atoms in total. The zero-order chi connectivity index (χ0) is 21.4.